The number of carbonyl (C=O) groups is 1. The Labute approximate surface area is 118 Å². The van der Waals surface area contributed by atoms with Gasteiger partial charge in [0.25, 0.3) is 0 Å². The predicted octanol–water partition coefficient (Wildman–Crippen LogP) is 2.97. The molecule has 0 spiro atoms. The van der Waals surface area contributed by atoms with Crippen LogP contribution in [0.4, 0.5) is 0 Å². The number of aromatic nitrogens is 2. The fourth-order valence-corrected chi connectivity index (χ4v) is 2.62. The maximum atomic E-state index is 10.8. The molecule has 5 nitrogen and oxygen atoms in total. The zero-order chi connectivity index (χ0) is 13.9. The standard InChI is InChI=1S/C14H10N2O3S/c17-14(18)9-5-10(7-15-6-9)19-8-13-16-11-3-1-2-4-12(11)20-13/h1-7H,8H2,(H,17,18). The van der Waals surface area contributed by atoms with E-state index >= 15 is 0 Å². The molecule has 0 bridgehead atoms. The van der Waals surface area contributed by atoms with Gasteiger partial charge in [0.1, 0.15) is 17.4 Å². The number of hydrogen-bond acceptors (Lipinski definition) is 5. The molecule has 1 aromatic carbocycles. The molecule has 3 aromatic rings. The van der Waals surface area contributed by atoms with E-state index < -0.39 is 5.97 Å². The number of ether oxygens (including phenoxy) is 1. The fourth-order valence-electron chi connectivity index (χ4n) is 1.74. The molecule has 0 amide bonds. The molecule has 1 N–H and O–H groups in total. The fraction of sp³-hybridized carbons (Fsp3) is 0.0714. The van der Waals surface area contributed by atoms with Crippen molar-refractivity contribution in [1.82, 2.24) is 9.97 Å². The molecule has 2 heterocycles. The summed E-state index contributed by atoms with van der Waals surface area (Å²) in [5.41, 5.74) is 1.04. The van der Waals surface area contributed by atoms with Crippen LogP contribution in [0.5, 0.6) is 5.75 Å². The Hall–Kier alpha value is -2.47. The number of carboxylic acid groups (broad SMARTS) is 1. The number of pyridine rings is 1. The van der Waals surface area contributed by atoms with E-state index in [0.717, 1.165) is 15.2 Å². The van der Waals surface area contributed by atoms with E-state index in [1.165, 1.54) is 18.5 Å². The molecule has 0 aliphatic carbocycles. The largest absolute Gasteiger partial charge is 0.485 e. The molecule has 0 aliphatic rings. The molecule has 0 radical (unpaired) electrons. The lowest BCUT2D eigenvalue weighted by Crippen LogP contribution is -2.00. The van der Waals surface area contributed by atoms with Crippen LogP contribution in [-0.2, 0) is 6.61 Å². The van der Waals surface area contributed by atoms with Gasteiger partial charge in [-0.25, -0.2) is 9.78 Å². The molecule has 20 heavy (non-hydrogen) atoms. The summed E-state index contributed by atoms with van der Waals surface area (Å²) in [6, 6.07) is 9.30. The minimum Gasteiger partial charge on any atom is -0.485 e. The Kier molecular flexibility index (Phi) is 3.30. The van der Waals surface area contributed by atoms with E-state index in [2.05, 4.69) is 9.97 Å². The SMILES string of the molecule is O=C(O)c1cncc(OCc2nc3ccccc3s2)c1. The van der Waals surface area contributed by atoms with E-state index in [-0.39, 0.29) is 5.56 Å². The van der Waals surface area contributed by atoms with Crippen LogP contribution in [-0.4, -0.2) is 21.0 Å². The van der Waals surface area contributed by atoms with Gasteiger partial charge in [-0.3, -0.25) is 4.98 Å². The molecule has 3 rings (SSSR count). The van der Waals surface area contributed by atoms with Crippen LogP contribution in [0.1, 0.15) is 15.4 Å². The summed E-state index contributed by atoms with van der Waals surface area (Å²) in [5, 5.41) is 9.72. The van der Waals surface area contributed by atoms with Crippen LogP contribution in [0.3, 0.4) is 0 Å². The highest BCUT2D eigenvalue weighted by Crippen LogP contribution is 2.23. The lowest BCUT2D eigenvalue weighted by Gasteiger charge is -2.03. The Bertz CT molecular complexity index is 737. The monoisotopic (exact) mass is 286 g/mol. The highest BCUT2D eigenvalue weighted by Gasteiger charge is 2.07. The Balaban J connectivity index is 1.75. The van der Waals surface area contributed by atoms with Crippen LogP contribution in [0.15, 0.2) is 42.7 Å². The first-order valence-electron chi connectivity index (χ1n) is 5.88. The van der Waals surface area contributed by atoms with E-state index in [0.29, 0.717) is 12.4 Å². The van der Waals surface area contributed by atoms with Crippen LogP contribution in [0, 0.1) is 0 Å². The predicted molar refractivity (Wildman–Crippen MR) is 75.1 cm³/mol. The van der Waals surface area contributed by atoms with Gasteiger partial charge in [0.05, 0.1) is 22.0 Å². The Morgan fingerprint density at radius 2 is 2.15 bits per heavy atom. The number of para-hydroxylation sites is 1. The van der Waals surface area contributed by atoms with Gasteiger partial charge in [-0.15, -0.1) is 11.3 Å². The molecule has 6 heteroatoms. The Morgan fingerprint density at radius 1 is 1.30 bits per heavy atom. The molecule has 0 atom stereocenters. The van der Waals surface area contributed by atoms with E-state index in [1.54, 1.807) is 11.3 Å². The number of rotatable bonds is 4. The summed E-state index contributed by atoms with van der Waals surface area (Å²) >= 11 is 1.55. The molecule has 100 valence electrons. The average Bonchev–Trinajstić information content (AvgIpc) is 2.88. The number of thiazole rings is 1. The average molecular weight is 286 g/mol. The van der Waals surface area contributed by atoms with Crippen molar-refractivity contribution in [3.63, 3.8) is 0 Å². The zero-order valence-corrected chi connectivity index (χ0v) is 11.1. The second kappa shape index (κ2) is 5.26. The number of aromatic carboxylic acids is 1. The first-order chi connectivity index (χ1) is 9.72. The molecular formula is C14H10N2O3S. The van der Waals surface area contributed by atoms with Gasteiger partial charge in [-0.2, -0.15) is 0 Å². The van der Waals surface area contributed by atoms with Gasteiger partial charge >= 0.3 is 5.97 Å². The van der Waals surface area contributed by atoms with Crippen molar-refractivity contribution in [3.8, 4) is 5.75 Å². The lowest BCUT2D eigenvalue weighted by atomic mass is 10.3. The van der Waals surface area contributed by atoms with E-state index in [4.69, 9.17) is 9.84 Å². The number of fused-ring (bicyclic) bond motifs is 1. The highest BCUT2D eigenvalue weighted by atomic mass is 32.1. The molecule has 0 saturated carbocycles. The maximum absolute atomic E-state index is 10.8. The van der Waals surface area contributed by atoms with Gasteiger partial charge in [-0.05, 0) is 18.2 Å². The number of hydrogen-bond donors (Lipinski definition) is 1. The minimum absolute atomic E-state index is 0.104. The lowest BCUT2D eigenvalue weighted by molar-refractivity contribution is 0.0696. The van der Waals surface area contributed by atoms with Gasteiger partial charge in [0, 0.05) is 6.20 Å². The summed E-state index contributed by atoms with van der Waals surface area (Å²) in [5.74, 6) is -0.605. The third-order valence-corrected chi connectivity index (χ3v) is 3.67. The van der Waals surface area contributed by atoms with Gasteiger partial charge < -0.3 is 9.84 Å². The minimum atomic E-state index is -1.03. The first kappa shape index (κ1) is 12.6. The number of carboxylic acids is 1. The third kappa shape index (κ3) is 2.60. The first-order valence-corrected chi connectivity index (χ1v) is 6.69. The van der Waals surface area contributed by atoms with Crippen molar-refractivity contribution in [2.45, 2.75) is 6.61 Å². The second-order valence-electron chi connectivity index (χ2n) is 4.08. The van der Waals surface area contributed by atoms with Crippen LogP contribution in [0.2, 0.25) is 0 Å². The van der Waals surface area contributed by atoms with Crippen LogP contribution < -0.4 is 4.74 Å². The molecule has 0 unspecified atom stereocenters. The molecular weight excluding hydrogens is 276 g/mol. The van der Waals surface area contributed by atoms with E-state index in [1.807, 2.05) is 24.3 Å². The van der Waals surface area contributed by atoms with Crippen molar-refractivity contribution < 1.29 is 14.6 Å². The summed E-state index contributed by atoms with van der Waals surface area (Å²) in [4.78, 5) is 19.1. The van der Waals surface area contributed by atoms with Gasteiger partial charge in [0.2, 0.25) is 0 Å². The summed E-state index contributed by atoms with van der Waals surface area (Å²) < 4.78 is 6.63. The topological polar surface area (TPSA) is 72.3 Å². The zero-order valence-electron chi connectivity index (χ0n) is 10.3. The van der Waals surface area contributed by atoms with Crippen molar-refractivity contribution in [2.24, 2.45) is 0 Å². The van der Waals surface area contributed by atoms with Crippen molar-refractivity contribution >= 4 is 27.5 Å². The second-order valence-corrected chi connectivity index (χ2v) is 5.19. The van der Waals surface area contributed by atoms with Crippen molar-refractivity contribution in [2.75, 3.05) is 0 Å². The third-order valence-electron chi connectivity index (χ3n) is 2.66. The molecule has 2 aromatic heterocycles. The summed E-state index contributed by atoms with van der Waals surface area (Å²) in [6.07, 6.45) is 2.77. The van der Waals surface area contributed by atoms with Gasteiger partial charge in [0.15, 0.2) is 0 Å². The maximum Gasteiger partial charge on any atom is 0.337 e. The van der Waals surface area contributed by atoms with Crippen LogP contribution in [0.25, 0.3) is 10.2 Å². The molecule has 0 fully saturated rings. The smallest absolute Gasteiger partial charge is 0.337 e. The normalized spacial score (nSPS) is 10.6. The van der Waals surface area contributed by atoms with Crippen LogP contribution >= 0.6 is 11.3 Å². The van der Waals surface area contributed by atoms with E-state index in [9.17, 15) is 4.79 Å². The number of benzene rings is 1. The summed E-state index contributed by atoms with van der Waals surface area (Å²) in [7, 11) is 0. The van der Waals surface area contributed by atoms with Crippen molar-refractivity contribution in [1.29, 1.82) is 0 Å². The Morgan fingerprint density at radius 3 is 2.95 bits per heavy atom. The molecule has 0 aliphatic heterocycles. The quantitative estimate of drug-likeness (QED) is 0.798. The summed E-state index contributed by atoms with van der Waals surface area (Å²) in [6.45, 7) is 0.296. The molecule has 0 saturated heterocycles. The van der Waals surface area contributed by atoms with Gasteiger partial charge in [-0.1, -0.05) is 12.1 Å². The van der Waals surface area contributed by atoms with Crippen molar-refractivity contribution in [3.05, 3.63) is 53.3 Å². The highest BCUT2D eigenvalue weighted by molar-refractivity contribution is 7.18. The number of nitrogens with zero attached hydrogens (tertiary/aromatic N) is 2.